The highest BCUT2D eigenvalue weighted by Crippen LogP contribution is 2.25. The highest BCUT2D eigenvalue weighted by atomic mass is 32.2. The summed E-state index contributed by atoms with van der Waals surface area (Å²) in [6, 6.07) is -0.155. The number of sulfonamides is 1. The van der Waals surface area contributed by atoms with Crippen molar-refractivity contribution in [2.75, 3.05) is 45.7 Å². The number of fused-ring (bicyclic) bond motifs is 1. The van der Waals surface area contributed by atoms with Gasteiger partial charge in [-0.05, 0) is 0 Å². The molecular weight excluding hydrogens is 320 g/mol. The van der Waals surface area contributed by atoms with Crippen molar-refractivity contribution in [2.45, 2.75) is 18.7 Å². The van der Waals surface area contributed by atoms with E-state index in [1.165, 1.54) is 0 Å². The number of nitrogens with zero attached hydrogens (tertiary/aromatic N) is 4. The number of methoxy groups -OCH3 is 1. The van der Waals surface area contributed by atoms with Crippen LogP contribution in [0.3, 0.4) is 0 Å². The van der Waals surface area contributed by atoms with E-state index < -0.39 is 10.0 Å². The van der Waals surface area contributed by atoms with Gasteiger partial charge in [0.05, 0.1) is 37.7 Å². The second kappa shape index (κ2) is 6.86. The van der Waals surface area contributed by atoms with Gasteiger partial charge in [-0.3, -0.25) is 4.90 Å². The van der Waals surface area contributed by atoms with Crippen LogP contribution >= 0.6 is 0 Å². The average molecular weight is 344 g/mol. The molecule has 0 saturated carbocycles. The van der Waals surface area contributed by atoms with Crippen molar-refractivity contribution in [1.82, 2.24) is 18.8 Å². The third-order valence-corrected chi connectivity index (χ3v) is 6.37. The minimum atomic E-state index is -3.30. The number of aromatic nitrogens is 2. The third kappa shape index (κ3) is 3.58. The van der Waals surface area contributed by atoms with E-state index in [2.05, 4.69) is 9.88 Å². The van der Waals surface area contributed by atoms with Crippen molar-refractivity contribution in [3.8, 4) is 0 Å². The molecule has 2 aliphatic heterocycles. The molecule has 0 amide bonds. The average Bonchev–Trinajstić information content (AvgIpc) is 3.04. The maximum absolute atomic E-state index is 12.5. The molecule has 1 aromatic heterocycles. The molecular formula is C14H24N4O4S. The van der Waals surface area contributed by atoms with E-state index in [4.69, 9.17) is 9.47 Å². The molecule has 23 heavy (non-hydrogen) atoms. The Kier molecular flexibility index (Phi) is 5.02. The molecule has 0 aromatic carbocycles. The quantitative estimate of drug-likeness (QED) is 0.702. The van der Waals surface area contributed by atoms with Gasteiger partial charge in [-0.2, -0.15) is 4.31 Å². The van der Waals surface area contributed by atoms with Gasteiger partial charge in [0.2, 0.25) is 10.0 Å². The summed E-state index contributed by atoms with van der Waals surface area (Å²) in [5.74, 6) is 1.01. The lowest BCUT2D eigenvalue weighted by atomic mass is 10.2. The Bertz CT molecular complexity index is 632. The highest BCUT2D eigenvalue weighted by Gasteiger charge is 2.44. The Morgan fingerprint density at radius 2 is 2.26 bits per heavy atom. The molecule has 130 valence electrons. The number of hydrogen-bond acceptors (Lipinski definition) is 6. The maximum Gasteiger partial charge on any atom is 0.216 e. The van der Waals surface area contributed by atoms with Crippen molar-refractivity contribution in [3.05, 3.63) is 18.2 Å². The first-order valence-electron chi connectivity index (χ1n) is 7.80. The fourth-order valence-electron chi connectivity index (χ4n) is 3.27. The standard InChI is InChI=1S/C14H24N4O4S/c1-16-4-3-15-14(16)11-17-9-12-13(10-17)22-7-8-23(19,20)18(12)5-6-21-2/h3-4,12-13H,5-11H2,1-2H3/t12-,13+/m1/s1. The Morgan fingerprint density at radius 3 is 2.96 bits per heavy atom. The van der Waals surface area contributed by atoms with Gasteiger partial charge < -0.3 is 14.0 Å². The van der Waals surface area contributed by atoms with Gasteiger partial charge in [-0.25, -0.2) is 13.4 Å². The number of imidazole rings is 1. The molecule has 0 N–H and O–H groups in total. The van der Waals surface area contributed by atoms with Gasteiger partial charge >= 0.3 is 0 Å². The molecule has 0 bridgehead atoms. The van der Waals surface area contributed by atoms with Crippen LogP contribution in [0.4, 0.5) is 0 Å². The van der Waals surface area contributed by atoms with Crippen LogP contribution in [0, 0.1) is 0 Å². The van der Waals surface area contributed by atoms with Gasteiger partial charge in [0, 0.05) is 46.2 Å². The van der Waals surface area contributed by atoms with E-state index in [1.54, 1.807) is 17.6 Å². The van der Waals surface area contributed by atoms with E-state index in [9.17, 15) is 8.42 Å². The van der Waals surface area contributed by atoms with Crippen LogP contribution in [-0.4, -0.2) is 85.0 Å². The summed E-state index contributed by atoms with van der Waals surface area (Å²) in [6.45, 7) is 3.08. The molecule has 2 saturated heterocycles. The van der Waals surface area contributed by atoms with E-state index in [0.717, 1.165) is 12.4 Å². The molecule has 2 aliphatic rings. The minimum Gasteiger partial charge on any atom is -0.383 e. The van der Waals surface area contributed by atoms with Crippen LogP contribution in [0.25, 0.3) is 0 Å². The second-order valence-corrected chi connectivity index (χ2v) is 8.09. The van der Waals surface area contributed by atoms with Crippen LogP contribution in [0.5, 0.6) is 0 Å². The topological polar surface area (TPSA) is 76.9 Å². The molecule has 0 radical (unpaired) electrons. The number of likely N-dealkylation sites (tertiary alicyclic amines) is 1. The van der Waals surface area contributed by atoms with Crippen molar-refractivity contribution in [3.63, 3.8) is 0 Å². The number of ether oxygens (including phenoxy) is 2. The number of hydrogen-bond donors (Lipinski definition) is 0. The Hall–Kier alpha value is -1.00. The van der Waals surface area contributed by atoms with Crippen molar-refractivity contribution < 1.29 is 17.9 Å². The molecule has 3 heterocycles. The minimum absolute atomic E-state index is 0.0447. The first-order valence-corrected chi connectivity index (χ1v) is 9.41. The normalized spacial score (nSPS) is 28.6. The van der Waals surface area contributed by atoms with Crippen LogP contribution < -0.4 is 0 Å². The Labute approximate surface area is 137 Å². The maximum atomic E-state index is 12.5. The molecule has 0 spiro atoms. The molecule has 2 fully saturated rings. The molecule has 2 atom stereocenters. The fourth-order valence-corrected chi connectivity index (χ4v) is 4.77. The molecule has 3 rings (SSSR count). The van der Waals surface area contributed by atoms with Crippen LogP contribution in [0.2, 0.25) is 0 Å². The summed E-state index contributed by atoms with van der Waals surface area (Å²) < 4.78 is 39.4. The Balaban J connectivity index is 1.75. The largest absolute Gasteiger partial charge is 0.383 e. The predicted octanol–water partition coefficient (Wildman–Crippen LogP) is -0.719. The summed E-state index contributed by atoms with van der Waals surface area (Å²) in [5.41, 5.74) is 0. The molecule has 9 heteroatoms. The first kappa shape index (κ1) is 16.8. The van der Waals surface area contributed by atoms with Gasteiger partial charge in [0.15, 0.2) is 0 Å². The third-order valence-electron chi connectivity index (χ3n) is 4.51. The molecule has 0 aliphatic carbocycles. The summed E-state index contributed by atoms with van der Waals surface area (Å²) in [6.07, 6.45) is 3.59. The summed E-state index contributed by atoms with van der Waals surface area (Å²) in [5, 5.41) is 0. The SMILES string of the molecule is COCCN1[C@@H]2CN(Cc3nccn3C)C[C@@H]2OCCS1(=O)=O. The zero-order valence-corrected chi connectivity index (χ0v) is 14.4. The second-order valence-electron chi connectivity index (χ2n) is 6.04. The predicted molar refractivity (Wildman–Crippen MR) is 84.4 cm³/mol. The smallest absolute Gasteiger partial charge is 0.216 e. The van der Waals surface area contributed by atoms with Crippen molar-refractivity contribution in [2.24, 2.45) is 7.05 Å². The lowest BCUT2D eigenvalue weighted by Gasteiger charge is -2.28. The van der Waals surface area contributed by atoms with E-state index in [0.29, 0.717) is 26.2 Å². The summed E-state index contributed by atoms with van der Waals surface area (Å²) in [7, 11) is 0.245. The summed E-state index contributed by atoms with van der Waals surface area (Å²) >= 11 is 0. The molecule has 1 aromatic rings. The van der Waals surface area contributed by atoms with Crippen molar-refractivity contribution >= 4 is 10.0 Å². The van der Waals surface area contributed by atoms with Gasteiger partial charge in [-0.15, -0.1) is 0 Å². The lowest BCUT2D eigenvalue weighted by molar-refractivity contribution is 0.0430. The first-order chi connectivity index (χ1) is 11.0. The van der Waals surface area contributed by atoms with Crippen LogP contribution in [0.1, 0.15) is 5.82 Å². The van der Waals surface area contributed by atoms with Crippen LogP contribution in [-0.2, 0) is 33.1 Å². The van der Waals surface area contributed by atoms with Gasteiger partial charge in [-0.1, -0.05) is 0 Å². The molecule has 0 unspecified atom stereocenters. The lowest BCUT2D eigenvalue weighted by Crippen LogP contribution is -2.47. The fraction of sp³-hybridized carbons (Fsp3) is 0.786. The zero-order chi connectivity index (χ0) is 16.4. The van der Waals surface area contributed by atoms with Gasteiger partial charge in [0.25, 0.3) is 0 Å². The van der Waals surface area contributed by atoms with Crippen molar-refractivity contribution in [1.29, 1.82) is 0 Å². The molecule has 8 nitrogen and oxygen atoms in total. The van der Waals surface area contributed by atoms with Crippen LogP contribution in [0.15, 0.2) is 12.4 Å². The zero-order valence-electron chi connectivity index (χ0n) is 13.6. The van der Waals surface area contributed by atoms with E-state index >= 15 is 0 Å². The number of aryl methyl sites for hydroxylation is 1. The van der Waals surface area contributed by atoms with E-state index in [-0.39, 0.29) is 24.5 Å². The Morgan fingerprint density at radius 1 is 1.43 bits per heavy atom. The monoisotopic (exact) mass is 344 g/mol. The highest BCUT2D eigenvalue weighted by molar-refractivity contribution is 7.89. The summed E-state index contributed by atoms with van der Waals surface area (Å²) in [4.78, 5) is 6.55. The van der Waals surface area contributed by atoms with E-state index in [1.807, 2.05) is 17.8 Å². The van der Waals surface area contributed by atoms with Gasteiger partial charge in [0.1, 0.15) is 5.82 Å². The number of rotatable bonds is 5.